The van der Waals surface area contributed by atoms with Crippen molar-refractivity contribution in [1.82, 2.24) is 10.2 Å². The molecule has 0 spiro atoms. The largest absolute Gasteiger partial charge is 0.491 e. The first-order valence-electron chi connectivity index (χ1n) is 8.14. The van der Waals surface area contributed by atoms with Gasteiger partial charge in [-0.2, -0.15) is 0 Å². The van der Waals surface area contributed by atoms with E-state index in [0.717, 1.165) is 19.4 Å². The summed E-state index contributed by atoms with van der Waals surface area (Å²) in [6, 6.07) is 5.26. The lowest BCUT2D eigenvalue weighted by Gasteiger charge is -2.25. The van der Waals surface area contributed by atoms with Gasteiger partial charge < -0.3 is 25.4 Å². The maximum Gasteiger partial charge on any atom is 0.317 e. The van der Waals surface area contributed by atoms with Crippen LogP contribution in [-0.4, -0.2) is 40.9 Å². The Bertz CT molecular complexity index is 715. The van der Waals surface area contributed by atoms with Crippen molar-refractivity contribution in [3.8, 4) is 5.75 Å². The molecule has 1 aromatic carbocycles. The van der Waals surface area contributed by atoms with Gasteiger partial charge in [-0.3, -0.25) is 0 Å². The maximum atomic E-state index is 12.1. The van der Waals surface area contributed by atoms with E-state index >= 15 is 0 Å². The van der Waals surface area contributed by atoms with Crippen molar-refractivity contribution < 1.29 is 13.7 Å². The smallest absolute Gasteiger partial charge is 0.317 e. The van der Waals surface area contributed by atoms with Crippen molar-refractivity contribution in [1.29, 1.82) is 0 Å². The molecule has 1 unspecified atom stereocenters. The number of hydrogen-bond donors (Lipinski definition) is 4. The molecule has 0 bridgehead atoms. The monoisotopic (exact) mass is 384 g/mol. The SMILES string of the molecule is C=C(N)c1c(N[SH](=O)=P)cccc1OC[C@H]1CCCN1C(=O)NCC. The minimum atomic E-state index is -1.78. The van der Waals surface area contributed by atoms with E-state index in [1.807, 2.05) is 6.92 Å². The molecule has 4 N–H and O–H groups in total. The van der Waals surface area contributed by atoms with Gasteiger partial charge in [-0.15, -0.1) is 0 Å². The van der Waals surface area contributed by atoms with Crippen LogP contribution >= 0.6 is 8.02 Å². The molecular formula is C16H25N4O3PS. The van der Waals surface area contributed by atoms with Gasteiger partial charge >= 0.3 is 6.03 Å². The minimum absolute atomic E-state index is 0.00879. The summed E-state index contributed by atoms with van der Waals surface area (Å²) < 4.78 is 20.2. The highest BCUT2D eigenvalue weighted by atomic mass is 32.5. The number of benzene rings is 1. The average Bonchev–Trinajstić information content (AvgIpc) is 3.01. The van der Waals surface area contributed by atoms with Crippen molar-refractivity contribution in [2.24, 2.45) is 5.73 Å². The summed E-state index contributed by atoms with van der Waals surface area (Å²) in [6.45, 7) is 7.35. The number of hydrogen-bond acceptors (Lipinski definition) is 4. The van der Waals surface area contributed by atoms with Gasteiger partial charge in [-0.25, -0.2) is 9.00 Å². The van der Waals surface area contributed by atoms with E-state index in [-0.39, 0.29) is 12.1 Å². The van der Waals surface area contributed by atoms with Crippen molar-refractivity contribution in [2.45, 2.75) is 25.8 Å². The van der Waals surface area contributed by atoms with Gasteiger partial charge in [0.1, 0.15) is 12.4 Å². The normalized spacial score (nSPS) is 17.8. The highest BCUT2D eigenvalue weighted by Gasteiger charge is 2.29. The lowest BCUT2D eigenvalue weighted by atomic mass is 10.1. The molecule has 0 radical (unpaired) electrons. The van der Waals surface area contributed by atoms with E-state index in [2.05, 4.69) is 24.6 Å². The summed E-state index contributed by atoms with van der Waals surface area (Å²) >= 11 is 0. The number of amides is 2. The standard InChI is InChI=1S/C16H25N4O3PS/c1-3-18-16(21)20-9-5-6-12(20)10-23-14-8-4-7-13(19-25(22)24)15(14)11(2)17/h4,7-8,12,24-25H,2-3,5-6,9-10,17H2,1H3,(H,18,21)(H,19,22)/t12-/m1/s1. The summed E-state index contributed by atoms with van der Waals surface area (Å²) in [4.78, 5) is 13.9. The summed E-state index contributed by atoms with van der Waals surface area (Å²) in [5.74, 6) is 0.545. The van der Waals surface area contributed by atoms with Gasteiger partial charge in [-0.1, -0.05) is 12.6 Å². The van der Waals surface area contributed by atoms with Crippen LogP contribution in [0.4, 0.5) is 10.5 Å². The zero-order chi connectivity index (χ0) is 18.4. The molecule has 1 aliphatic rings. The van der Waals surface area contributed by atoms with Gasteiger partial charge in [0.05, 0.1) is 27.5 Å². The fourth-order valence-corrected chi connectivity index (χ4v) is 3.67. The summed E-state index contributed by atoms with van der Waals surface area (Å²) in [5, 5.41) is 2.83. The van der Waals surface area contributed by atoms with Crippen LogP contribution in [0.25, 0.3) is 5.70 Å². The molecule has 2 atom stereocenters. The van der Waals surface area contributed by atoms with E-state index in [1.54, 1.807) is 23.1 Å². The fourth-order valence-electron chi connectivity index (χ4n) is 2.90. The molecule has 1 aromatic rings. The van der Waals surface area contributed by atoms with Gasteiger partial charge in [0.2, 0.25) is 0 Å². The molecule has 1 saturated heterocycles. The molecule has 1 fully saturated rings. The topological polar surface area (TPSA) is 96.7 Å². The van der Waals surface area contributed by atoms with E-state index in [0.29, 0.717) is 35.8 Å². The van der Waals surface area contributed by atoms with Gasteiger partial charge in [0.15, 0.2) is 0 Å². The first-order chi connectivity index (χ1) is 11.9. The number of nitrogens with one attached hydrogen (secondary N) is 2. The molecule has 1 heterocycles. The van der Waals surface area contributed by atoms with E-state index in [1.165, 1.54) is 0 Å². The number of thiol groups is 1. The zero-order valence-electron chi connectivity index (χ0n) is 14.2. The molecule has 2 amide bonds. The van der Waals surface area contributed by atoms with Crippen molar-refractivity contribution >= 4 is 35.6 Å². The Morgan fingerprint density at radius 2 is 2.32 bits per heavy atom. The third-order valence-corrected chi connectivity index (χ3v) is 4.75. The number of urea groups is 1. The van der Waals surface area contributed by atoms with Crippen LogP contribution in [0.2, 0.25) is 0 Å². The molecule has 1 aliphatic heterocycles. The number of carbonyl (C=O) groups excluding carboxylic acids is 1. The maximum absolute atomic E-state index is 12.1. The molecule has 25 heavy (non-hydrogen) atoms. The Kier molecular flexibility index (Phi) is 6.96. The molecule has 2 rings (SSSR count). The molecule has 138 valence electrons. The third kappa shape index (κ3) is 5.03. The van der Waals surface area contributed by atoms with Crippen LogP contribution in [0.15, 0.2) is 24.8 Å². The molecule has 0 saturated carbocycles. The van der Waals surface area contributed by atoms with Gasteiger partial charge in [0, 0.05) is 18.8 Å². The Morgan fingerprint density at radius 3 is 2.96 bits per heavy atom. The van der Waals surface area contributed by atoms with E-state index in [4.69, 9.17) is 10.5 Å². The summed E-state index contributed by atoms with van der Waals surface area (Å²) in [7, 11) is 1.26. The van der Waals surface area contributed by atoms with Crippen molar-refractivity contribution in [3.05, 3.63) is 30.3 Å². The van der Waals surface area contributed by atoms with E-state index in [9.17, 15) is 9.00 Å². The number of likely N-dealkylation sites (tertiary alicyclic amines) is 1. The molecule has 0 aliphatic carbocycles. The second-order valence-corrected chi connectivity index (χ2v) is 7.78. The summed E-state index contributed by atoms with van der Waals surface area (Å²) in [6.07, 6.45) is 1.84. The molecule has 7 nitrogen and oxygen atoms in total. The first-order valence-corrected chi connectivity index (χ1v) is 10.7. The van der Waals surface area contributed by atoms with Crippen LogP contribution in [-0.2, 0) is 10.2 Å². The van der Waals surface area contributed by atoms with Crippen LogP contribution in [0, 0.1) is 0 Å². The second-order valence-electron chi connectivity index (χ2n) is 5.75. The van der Waals surface area contributed by atoms with Crippen LogP contribution < -0.4 is 20.5 Å². The van der Waals surface area contributed by atoms with Gasteiger partial charge in [0.25, 0.3) is 0 Å². The van der Waals surface area contributed by atoms with Crippen LogP contribution in [0.3, 0.4) is 0 Å². The molecule has 0 aromatic heterocycles. The highest BCUT2D eigenvalue weighted by molar-refractivity contribution is 8.08. The zero-order valence-corrected chi connectivity index (χ0v) is 16.1. The number of rotatable bonds is 7. The predicted octanol–water partition coefficient (Wildman–Crippen LogP) is 2.05. The number of anilines is 1. The predicted molar refractivity (Wildman–Crippen MR) is 105 cm³/mol. The third-order valence-electron chi connectivity index (χ3n) is 3.97. The average molecular weight is 384 g/mol. The van der Waals surface area contributed by atoms with Crippen molar-refractivity contribution in [2.75, 3.05) is 24.4 Å². The van der Waals surface area contributed by atoms with Crippen molar-refractivity contribution in [3.63, 3.8) is 0 Å². The Hall–Kier alpha value is -1.92. The number of ether oxygens (including phenoxy) is 1. The number of nitrogens with zero attached hydrogens (tertiary/aromatic N) is 1. The molecule has 9 heteroatoms. The second kappa shape index (κ2) is 8.97. The summed E-state index contributed by atoms with van der Waals surface area (Å²) in [5.41, 5.74) is 7.36. The fraction of sp³-hybridized carbons (Fsp3) is 0.438. The molecular weight excluding hydrogens is 359 g/mol. The van der Waals surface area contributed by atoms with Crippen LogP contribution in [0.1, 0.15) is 25.3 Å². The Morgan fingerprint density at radius 1 is 1.56 bits per heavy atom. The quantitative estimate of drug-likeness (QED) is 0.427. The highest BCUT2D eigenvalue weighted by Crippen LogP contribution is 2.31. The Labute approximate surface area is 152 Å². The number of carbonyl (C=O) groups is 1. The van der Waals surface area contributed by atoms with Gasteiger partial charge in [-0.05, 0) is 39.9 Å². The lowest BCUT2D eigenvalue weighted by molar-refractivity contribution is 0.166. The minimum Gasteiger partial charge on any atom is -0.491 e. The first kappa shape index (κ1) is 19.4. The van der Waals surface area contributed by atoms with E-state index < -0.39 is 10.2 Å². The lowest BCUT2D eigenvalue weighted by Crippen LogP contribution is -2.44. The number of nitrogens with two attached hydrogens (primary N) is 1. The van der Waals surface area contributed by atoms with Crippen LogP contribution in [0.5, 0.6) is 5.75 Å². The Balaban J connectivity index is 2.14.